The molecule has 2 aromatic rings. The second kappa shape index (κ2) is 6.49. The summed E-state index contributed by atoms with van der Waals surface area (Å²) in [6, 6.07) is 4.66. The number of hydrogen-bond acceptors (Lipinski definition) is 4. The number of carbonyl (C=O) groups is 1. The summed E-state index contributed by atoms with van der Waals surface area (Å²) in [7, 11) is 0. The molecule has 112 valence electrons. The molecule has 0 unspecified atom stereocenters. The van der Waals surface area contributed by atoms with Crippen molar-refractivity contribution in [3.63, 3.8) is 0 Å². The minimum atomic E-state index is -0.453. The molecule has 0 aliphatic heterocycles. The summed E-state index contributed by atoms with van der Waals surface area (Å²) in [5.74, 6) is -0.453. The average Bonchev–Trinajstić information content (AvgIpc) is 2.74. The van der Waals surface area contributed by atoms with Gasteiger partial charge in [-0.05, 0) is 48.0 Å². The Morgan fingerprint density at radius 3 is 2.86 bits per heavy atom. The molecule has 0 amide bonds. The molecule has 2 N–H and O–H groups in total. The van der Waals surface area contributed by atoms with E-state index in [0.717, 1.165) is 15.9 Å². The summed E-state index contributed by atoms with van der Waals surface area (Å²) in [5.41, 5.74) is 8.09. The zero-order valence-electron chi connectivity index (χ0n) is 11.7. The molecule has 0 saturated carbocycles. The molecule has 1 heterocycles. The summed E-state index contributed by atoms with van der Waals surface area (Å²) in [6.07, 6.45) is 0. The van der Waals surface area contributed by atoms with Gasteiger partial charge >= 0.3 is 5.97 Å². The van der Waals surface area contributed by atoms with Crippen LogP contribution in [0.1, 0.15) is 28.7 Å². The lowest BCUT2D eigenvalue weighted by Gasteiger charge is -2.08. The molecule has 1 aromatic carbocycles. The quantitative estimate of drug-likeness (QED) is 0.658. The van der Waals surface area contributed by atoms with Gasteiger partial charge in [0.2, 0.25) is 0 Å². The van der Waals surface area contributed by atoms with Gasteiger partial charge in [0.25, 0.3) is 0 Å². The van der Waals surface area contributed by atoms with Crippen molar-refractivity contribution in [3.8, 4) is 0 Å². The van der Waals surface area contributed by atoms with E-state index in [4.69, 9.17) is 22.1 Å². The van der Waals surface area contributed by atoms with Gasteiger partial charge in [0.1, 0.15) is 6.61 Å². The number of ether oxygens (including phenoxy) is 1. The van der Waals surface area contributed by atoms with E-state index < -0.39 is 5.97 Å². The Morgan fingerprint density at radius 1 is 1.52 bits per heavy atom. The third kappa shape index (κ3) is 3.39. The highest BCUT2D eigenvalue weighted by molar-refractivity contribution is 9.10. The average molecular weight is 373 g/mol. The van der Waals surface area contributed by atoms with Gasteiger partial charge in [-0.2, -0.15) is 5.10 Å². The van der Waals surface area contributed by atoms with E-state index in [2.05, 4.69) is 21.0 Å². The SMILES string of the molecule is CCn1nc(C)c(Br)c1COC(=O)c1ccc(N)c(Cl)c1. The van der Waals surface area contributed by atoms with Crippen LogP contribution in [0, 0.1) is 6.92 Å². The van der Waals surface area contributed by atoms with E-state index in [0.29, 0.717) is 22.8 Å². The van der Waals surface area contributed by atoms with Gasteiger partial charge in [-0.15, -0.1) is 0 Å². The predicted octanol–water partition coefficient (Wildman–Crippen LogP) is 3.57. The second-order valence-corrected chi connectivity index (χ2v) is 5.67. The van der Waals surface area contributed by atoms with Crippen LogP contribution in [-0.4, -0.2) is 15.7 Å². The molecule has 0 radical (unpaired) electrons. The molecule has 0 atom stereocenters. The molecule has 0 aliphatic rings. The molecule has 0 spiro atoms. The zero-order valence-corrected chi connectivity index (χ0v) is 14.0. The van der Waals surface area contributed by atoms with E-state index >= 15 is 0 Å². The first-order valence-corrected chi connectivity index (χ1v) is 7.55. The van der Waals surface area contributed by atoms with Crippen molar-refractivity contribution in [3.05, 3.63) is 44.6 Å². The number of esters is 1. The first kappa shape index (κ1) is 15.9. The van der Waals surface area contributed by atoms with Crippen LogP contribution < -0.4 is 5.73 Å². The molecule has 0 fully saturated rings. The van der Waals surface area contributed by atoms with E-state index in [1.807, 2.05) is 13.8 Å². The fourth-order valence-electron chi connectivity index (χ4n) is 1.88. The first-order valence-electron chi connectivity index (χ1n) is 6.38. The minimum absolute atomic E-state index is 0.135. The molecule has 5 nitrogen and oxygen atoms in total. The molecule has 0 saturated heterocycles. The van der Waals surface area contributed by atoms with Gasteiger partial charge in [-0.3, -0.25) is 4.68 Å². The normalized spacial score (nSPS) is 10.7. The highest BCUT2D eigenvalue weighted by Gasteiger charge is 2.15. The molecule has 21 heavy (non-hydrogen) atoms. The van der Waals surface area contributed by atoms with Crippen molar-refractivity contribution >= 4 is 39.2 Å². The van der Waals surface area contributed by atoms with Crippen LogP contribution in [0.15, 0.2) is 22.7 Å². The number of anilines is 1. The van der Waals surface area contributed by atoms with E-state index in [9.17, 15) is 4.79 Å². The number of hydrogen-bond donors (Lipinski definition) is 1. The fraction of sp³-hybridized carbons (Fsp3) is 0.286. The van der Waals surface area contributed by atoms with Crippen molar-refractivity contribution in [1.82, 2.24) is 9.78 Å². The standard InChI is InChI=1S/C14H15BrClN3O2/c1-3-19-12(13(15)8(2)18-19)7-21-14(20)9-4-5-11(17)10(16)6-9/h4-6H,3,7,17H2,1-2H3. The minimum Gasteiger partial charge on any atom is -0.456 e. The summed E-state index contributed by atoms with van der Waals surface area (Å²) < 4.78 is 7.96. The second-order valence-electron chi connectivity index (χ2n) is 4.47. The molecule has 7 heteroatoms. The monoisotopic (exact) mass is 371 g/mol. The Labute approximate surface area is 136 Å². The van der Waals surface area contributed by atoms with Gasteiger partial charge in [0.05, 0.1) is 32.1 Å². The summed E-state index contributed by atoms with van der Waals surface area (Å²) in [6.45, 7) is 4.70. The van der Waals surface area contributed by atoms with Gasteiger partial charge in [-0.1, -0.05) is 11.6 Å². The number of nitrogens with zero attached hydrogens (tertiary/aromatic N) is 2. The number of aryl methyl sites for hydroxylation is 2. The van der Waals surface area contributed by atoms with Crippen LogP contribution in [0.3, 0.4) is 0 Å². The van der Waals surface area contributed by atoms with Crippen LogP contribution in [-0.2, 0) is 17.9 Å². The van der Waals surface area contributed by atoms with E-state index in [-0.39, 0.29) is 6.61 Å². The van der Waals surface area contributed by atoms with Crippen molar-refractivity contribution in [2.45, 2.75) is 27.0 Å². The first-order chi connectivity index (χ1) is 9.93. The van der Waals surface area contributed by atoms with Crippen LogP contribution in [0.2, 0.25) is 5.02 Å². The smallest absolute Gasteiger partial charge is 0.338 e. The van der Waals surface area contributed by atoms with Gasteiger partial charge in [0.15, 0.2) is 0 Å². The number of benzene rings is 1. The summed E-state index contributed by atoms with van der Waals surface area (Å²) >= 11 is 9.35. The van der Waals surface area contributed by atoms with Crippen LogP contribution in [0.25, 0.3) is 0 Å². The predicted molar refractivity (Wildman–Crippen MR) is 85.3 cm³/mol. The maximum absolute atomic E-state index is 12.0. The Morgan fingerprint density at radius 2 is 2.24 bits per heavy atom. The van der Waals surface area contributed by atoms with E-state index in [1.54, 1.807) is 16.8 Å². The fourth-order valence-corrected chi connectivity index (χ4v) is 2.46. The van der Waals surface area contributed by atoms with E-state index in [1.165, 1.54) is 6.07 Å². The highest BCUT2D eigenvalue weighted by Crippen LogP contribution is 2.23. The topological polar surface area (TPSA) is 70.1 Å². The summed E-state index contributed by atoms with van der Waals surface area (Å²) in [4.78, 5) is 12.0. The number of aromatic nitrogens is 2. The highest BCUT2D eigenvalue weighted by atomic mass is 79.9. The lowest BCUT2D eigenvalue weighted by atomic mass is 10.2. The van der Waals surface area contributed by atoms with Crippen molar-refractivity contribution in [2.75, 3.05) is 5.73 Å². The van der Waals surface area contributed by atoms with Gasteiger partial charge in [0, 0.05) is 6.54 Å². The maximum Gasteiger partial charge on any atom is 0.338 e. The Kier molecular flexibility index (Phi) is 4.90. The molecule has 0 bridgehead atoms. The van der Waals surface area contributed by atoms with Gasteiger partial charge < -0.3 is 10.5 Å². The Hall–Kier alpha value is -1.53. The lowest BCUT2D eigenvalue weighted by molar-refractivity contribution is 0.0461. The van der Waals surface area contributed by atoms with Gasteiger partial charge in [-0.25, -0.2) is 4.79 Å². The number of nitrogen functional groups attached to an aromatic ring is 1. The summed E-state index contributed by atoms with van der Waals surface area (Å²) in [5, 5.41) is 4.68. The number of nitrogens with two attached hydrogens (primary N) is 1. The van der Waals surface area contributed by atoms with Crippen LogP contribution in [0.5, 0.6) is 0 Å². The van der Waals surface area contributed by atoms with Crippen molar-refractivity contribution in [2.24, 2.45) is 0 Å². The number of carbonyl (C=O) groups excluding carboxylic acids is 1. The van der Waals surface area contributed by atoms with Crippen molar-refractivity contribution < 1.29 is 9.53 Å². The zero-order chi connectivity index (χ0) is 15.6. The van der Waals surface area contributed by atoms with Crippen molar-refractivity contribution in [1.29, 1.82) is 0 Å². The lowest BCUT2D eigenvalue weighted by Crippen LogP contribution is -2.10. The molecule has 0 aliphatic carbocycles. The molecular weight excluding hydrogens is 358 g/mol. The largest absolute Gasteiger partial charge is 0.456 e. The number of rotatable bonds is 4. The van der Waals surface area contributed by atoms with Crippen LogP contribution in [0.4, 0.5) is 5.69 Å². The Bertz CT molecular complexity index is 685. The van der Waals surface area contributed by atoms with Crippen LogP contribution >= 0.6 is 27.5 Å². The third-order valence-corrected chi connectivity index (χ3v) is 4.39. The molecule has 2 rings (SSSR count). The third-order valence-electron chi connectivity index (χ3n) is 3.03. The Balaban J connectivity index is 2.12. The number of halogens is 2. The molecular formula is C14H15BrClN3O2. The molecule has 1 aromatic heterocycles. The maximum atomic E-state index is 12.0.